The van der Waals surface area contributed by atoms with Crippen molar-refractivity contribution in [2.24, 2.45) is 0 Å². The van der Waals surface area contributed by atoms with Gasteiger partial charge in [0.1, 0.15) is 17.3 Å². The summed E-state index contributed by atoms with van der Waals surface area (Å²) in [6.07, 6.45) is 6.52. The lowest BCUT2D eigenvalue weighted by Gasteiger charge is -2.21. The van der Waals surface area contributed by atoms with E-state index in [-0.39, 0.29) is 5.82 Å². The van der Waals surface area contributed by atoms with Gasteiger partial charge >= 0.3 is 0 Å². The Morgan fingerprint density at radius 3 is 2.75 bits per heavy atom. The van der Waals surface area contributed by atoms with Gasteiger partial charge in [0, 0.05) is 37.6 Å². The Kier molecular flexibility index (Phi) is 5.43. The number of benzene rings is 1. The second kappa shape index (κ2) is 7.93. The largest absolute Gasteiger partial charge is 0.465 e. The fraction of sp³-hybridized carbons (Fsp3) is 0.316. The van der Waals surface area contributed by atoms with Crippen molar-refractivity contribution in [1.82, 2.24) is 14.5 Å². The summed E-state index contributed by atoms with van der Waals surface area (Å²) in [6.45, 7) is 4.92. The molecule has 0 amide bonds. The van der Waals surface area contributed by atoms with E-state index in [0.29, 0.717) is 18.7 Å². The summed E-state index contributed by atoms with van der Waals surface area (Å²) in [4.78, 5) is 6.27. The first kappa shape index (κ1) is 16.5. The van der Waals surface area contributed by atoms with E-state index in [1.807, 2.05) is 43.7 Å². The highest BCUT2D eigenvalue weighted by Gasteiger charge is 2.12. The first-order chi connectivity index (χ1) is 11.7. The molecule has 0 radical (unpaired) electrons. The van der Waals surface area contributed by atoms with Crippen LogP contribution < -0.4 is 0 Å². The van der Waals surface area contributed by atoms with Gasteiger partial charge in [0.05, 0.1) is 12.9 Å². The second-order valence-corrected chi connectivity index (χ2v) is 5.97. The number of nitrogens with zero attached hydrogens (tertiary/aromatic N) is 3. The Labute approximate surface area is 141 Å². The van der Waals surface area contributed by atoms with Crippen molar-refractivity contribution in [2.75, 3.05) is 6.54 Å². The van der Waals surface area contributed by atoms with Gasteiger partial charge in [-0.25, -0.2) is 9.37 Å². The highest BCUT2D eigenvalue weighted by atomic mass is 19.1. The second-order valence-electron chi connectivity index (χ2n) is 5.97. The number of imidazole rings is 1. The molecule has 0 aliphatic rings. The van der Waals surface area contributed by atoms with E-state index < -0.39 is 0 Å². The first-order valence-corrected chi connectivity index (χ1v) is 8.17. The van der Waals surface area contributed by atoms with Crippen molar-refractivity contribution in [3.05, 3.63) is 78.0 Å². The summed E-state index contributed by atoms with van der Waals surface area (Å²) in [5.41, 5.74) is 0.711. The molecule has 2 heterocycles. The maximum atomic E-state index is 14.0. The summed E-state index contributed by atoms with van der Waals surface area (Å²) in [5.74, 6) is 1.65. The number of rotatable bonds is 8. The van der Waals surface area contributed by atoms with Gasteiger partial charge in [-0.15, -0.1) is 0 Å². The highest BCUT2D eigenvalue weighted by Crippen LogP contribution is 2.15. The smallest absolute Gasteiger partial charge is 0.127 e. The molecule has 4 nitrogen and oxygen atoms in total. The Hall–Kier alpha value is -2.40. The summed E-state index contributed by atoms with van der Waals surface area (Å²) in [7, 11) is 0. The number of halogens is 1. The number of aryl methyl sites for hydroxylation is 2. The van der Waals surface area contributed by atoms with E-state index in [1.54, 1.807) is 12.3 Å². The molecule has 2 aromatic heterocycles. The van der Waals surface area contributed by atoms with E-state index in [4.69, 9.17) is 4.42 Å². The molecule has 126 valence electrons. The topological polar surface area (TPSA) is 34.2 Å². The molecular weight excluding hydrogens is 305 g/mol. The normalized spacial score (nSPS) is 11.3. The summed E-state index contributed by atoms with van der Waals surface area (Å²) in [5, 5.41) is 0. The Morgan fingerprint density at radius 2 is 2.04 bits per heavy atom. The molecule has 1 aromatic carbocycles. The van der Waals surface area contributed by atoms with Crippen molar-refractivity contribution in [3.63, 3.8) is 0 Å². The first-order valence-electron chi connectivity index (χ1n) is 8.17. The number of aromatic nitrogens is 2. The average Bonchev–Trinajstić information content (AvgIpc) is 3.21. The van der Waals surface area contributed by atoms with Crippen LogP contribution in [0.25, 0.3) is 0 Å². The van der Waals surface area contributed by atoms with Gasteiger partial charge in [-0.05, 0) is 31.5 Å². The molecule has 3 aromatic rings. The lowest BCUT2D eigenvalue weighted by Crippen LogP contribution is -2.25. The van der Waals surface area contributed by atoms with Gasteiger partial charge in [-0.3, -0.25) is 4.90 Å². The summed E-state index contributed by atoms with van der Waals surface area (Å²) in [6, 6.07) is 10.9. The Balaban J connectivity index is 1.64. The Bertz CT molecular complexity index is 752. The van der Waals surface area contributed by atoms with Crippen LogP contribution in [0, 0.1) is 12.7 Å². The third-order valence-corrected chi connectivity index (χ3v) is 3.98. The van der Waals surface area contributed by atoms with Gasteiger partial charge in [0.15, 0.2) is 0 Å². The molecule has 0 fully saturated rings. The van der Waals surface area contributed by atoms with Crippen LogP contribution in [0.1, 0.15) is 23.5 Å². The molecule has 0 atom stereocenters. The molecule has 0 N–H and O–H groups in total. The molecule has 5 heteroatoms. The Morgan fingerprint density at radius 1 is 1.17 bits per heavy atom. The maximum absolute atomic E-state index is 14.0. The van der Waals surface area contributed by atoms with Crippen LogP contribution in [0.2, 0.25) is 0 Å². The zero-order chi connectivity index (χ0) is 16.8. The van der Waals surface area contributed by atoms with Crippen LogP contribution in [-0.4, -0.2) is 21.0 Å². The fourth-order valence-electron chi connectivity index (χ4n) is 2.77. The van der Waals surface area contributed by atoms with E-state index in [0.717, 1.165) is 31.0 Å². The molecule has 0 spiro atoms. The van der Waals surface area contributed by atoms with Crippen LogP contribution in [0.5, 0.6) is 0 Å². The minimum atomic E-state index is -0.160. The monoisotopic (exact) mass is 327 g/mol. The zero-order valence-corrected chi connectivity index (χ0v) is 13.9. The fourth-order valence-corrected chi connectivity index (χ4v) is 2.77. The number of hydrogen-bond acceptors (Lipinski definition) is 3. The molecule has 0 saturated heterocycles. The SMILES string of the molecule is Cc1ccc(CN(CCCn2ccnc2)Cc2ccccc2F)o1. The molecule has 0 saturated carbocycles. The van der Waals surface area contributed by atoms with E-state index >= 15 is 0 Å². The maximum Gasteiger partial charge on any atom is 0.127 e. The quantitative estimate of drug-likeness (QED) is 0.627. The van der Waals surface area contributed by atoms with Crippen LogP contribution in [0.15, 0.2) is 59.5 Å². The van der Waals surface area contributed by atoms with Crippen molar-refractivity contribution in [2.45, 2.75) is 33.0 Å². The summed E-state index contributed by atoms with van der Waals surface area (Å²) < 4.78 is 21.7. The van der Waals surface area contributed by atoms with Gasteiger partial charge in [-0.2, -0.15) is 0 Å². The molecule has 0 bridgehead atoms. The lowest BCUT2D eigenvalue weighted by atomic mass is 10.2. The highest BCUT2D eigenvalue weighted by molar-refractivity contribution is 5.17. The van der Waals surface area contributed by atoms with Crippen molar-refractivity contribution >= 4 is 0 Å². The van der Waals surface area contributed by atoms with E-state index in [1.165, 1.54) is 6.07 Å². The van der Waals surface area contributed by atoms with Crippen LogP contribution in [-0.2, 0) is 19.6 Å². The standard InChI is InChI=1S/C19H22FN3O/c1-16-7-8-18(24-16)14-23(11-4-10-22-12-9-21-15-22)13-17-5-2-3-6-19(17)20/h2-3,5-9,12,15H,4,10-11,13-14H2,1H3. The lowest BCUT2D eigenvalue weighted by molar-refractivity contribution is 0.224. The van der Waals surface area contributed by atoms with Crippen molar-refractivity contribution < 1.29 is 8.81 Å². The van der Waals surface area contributed by atoms with Crippen LogP contribution in [0.4, 0.5) is 4.39 Å². The third-order valence-electron chi connectivity index (χ3n) is 3.98. The van der Waals surface area contributed by atoms with E-state index in [9.17, 15) is 4.39 Å². The van der Waals surface area contributed by atoms with Gasteiger partial charge < -0.3 is 8.98 Å². The van der Waals surface area contributed by atoms with Gasteiger partial charge in [0.25, 0.3) is 0 Å². The van der Waals surface area contributed by atoms with Crippen molar-refractivity contribution in [1.29, 1.82) is 0 Å². The number of furan rings is 1. The molecule has 0 aliphatic carbocycles. The predicted molar refractivity (Wildman–Crippen MR) is 90.8 cm³/mol. The molecule has 0 aliphatic heterocycles. The molecule has 3 rings (SSSR count). The van der Waals surface area contributed by atoms with E-state index in [2.05, 4.69) is 14.5 Å². The molecule has 24 heavy (non-hydrogen) atoms. The van der Waals surface area contributed by atoms with Gasteiger partial charge in [0.2, 0.25) is 0 Å². The molecular formula is C19H22FN3O. The zero-order valence-electron chi connectivity index (χ0n) is 13.9. The minimum Gasteiger partial charge on any atom is -0.465 e. The van der Waals surface area contributed by atoms with Crippen LogP contribution >= 0.6 is 0 Å². The van der Waals surface area contributed by atoms with Gasteiger partial charge in [-0.1, -0.05) is 18.2 Å². The third kappa shape index (κ3) is 4.55. The van der Waals surface area contributed by atoms with Crippen molar-refractivity contribution in [3.8, 4) is 0 Å². The minimum absolute atomic E-state index is 0.160. The average molecular weight is 327 g/mol. The number of hydrogen-bond donors (Lipinski definition) is 0. The molecule has 0 unspecified atom stereocenters. The van der Waals surface area contributed by atoms with Crippen LogP contribution in [0.3, 0.4) is 0 Å². The predicted octanol–water partition coefficient (Wildman–Crippen LogP) is 4.02. The summed E-state index contributed by atoms with van der Waals surface area (Å²) >= 11 is 0.